The van der Waals surface area contributed by atoms with Crippen molar-refractivity contribution in [2.45, 2.75) is 12.8 Å². The normalized spacial score (nSPS) is 20.3. The minimum atomic E-state index is -0.452. The number of nitrogens with one attached hydrogen (secondary N) is 1. The van der Waals surface area contributed by atoms with Gasteiger partial charge in [0.15, 0.2) is 0 Å². The van der Waals surface area contributed by atoms with Crippen molar-refractivity contribution in [2.75, 3.05) is 19.7 Å². The molecule has 0 aromatic heterocycles. The summed E-state index contributed by atoms with van der Waals surface area (Å²) in [5, 5.41) is 3.42. The van der Waals surface area contributed by atoms with Gasteiger partial charge in [-0.2, -0.15) is 0 Å². The first-order valence-corrected chi connectivity index (χ1v) is 6.82. The molecule has 0 radical (unpaired) electrons. The van der Waals surface area contributed by atoms with Crippen LogP contribution in [0.2, 0.25) is 5.02 Å². The lowest BCUT2D eigenvalue weighted by Crippen LogP contribution is -2.33. The maximum absolute atomic E-state index is 13.3. The van der Waals surface area contributed by atoms with Crippen LogP contribution in [0.1, 0.15) is 12.8 Å². The maximum Gasteiger partial charge on any atom is 0.145 e. The number of halogens is 3. The number of ether oxygens (including phenoxy) is 1. The molecule has 0 aliphatic carbocycles. The molecule has 2 nitrogen and oxygen atoms in total. The summed E-state index contributed by atoms with van der Waals surface area (Å²) >= 11 is 8.98. The third-order valence-corrected chi connectivity index (χ3v) is 3.76. The van der Waals surface area contributed by atoms with Crippen molar-refractivity contribution in [1.29, 1.82) is 0 Å². The van der Waals surface area contributed by atoms with Gasteiger partial charge in [-0.05, 0) is 41.4 Å². The van der Waals surface area contributed by atoms with Gasteiger partial charge in [0.1, 0.15) is 11.6 Å². The van der Waals surface area contributed by atoms with Crippen LogP contribution in [0.25, 0.3) is 0 Å². The Bertz CT molecular complexity index is 396. The zero-order valence-electron chi connectivity index (χ0n) is 9.31. The number of benzene rings is 1. The number of hydrogen-bond donors (Lipinski definition) is 1. The standard InChI is InChI=1S/C12H14BrClFNO/c13-9-4-10(14)11(15)5-12(9)17-7-8-2-1-3-16-6-8/h4-5,8,16H,1-3,6-7H2. The van der Waals surface area contributed by atoms with Crippen molar-refractivity contribution >= 4 is 27.5 Å². The second-order valence-electron chi connectivity index (χ2n) is 4.22. The van der Waals surface area contributed by atoms with E-state index in [1.165, 1.54) is 18.6 Å². The highest BCUT2D eigenvalue weighted by Gasteiger charge is 2.15. The minimum Gasteiger partial charge on any atom is -0.492 e. The van der Waals surface area contributed by atoms with Crippen molar-refractivity contribution in [2.24, 2.45) is 5.92 Å². The van der Waals surface area contributed by atoms with Gasteiger partial charge >= 0.3 is 0 Å². The monoisotopic (exact) mass is 321 g/mol. The topological polar surface area (TPSA) is 21.3 Å². The zero-order valence-corrected chi connectivity index (χ0v) is 11.7. The van der Waals surface area contributed by atoms with Crippen LogP contribution < -0.4 is 10.1 Å². The SMILES string of the molecule is Fc1cc(OCC2CCCNC2)c(Br)cc1Cl. The molecule has 0 amide bonds. The molecule has 0 spiro atoms. The van der Waals surface area contributed by atoms with Crippen LogP contribution >= 0.6 is 27.5 Å². The van der Waals surface area contributed by atoms with E-state index < -0.39 is 5.82 Å². The van der Waals surface area contributed by atoms with Crippen LogP contribution in [-0.2, 0) is 0 Å². The van der Waals surface area contributed by atoms with Crippen LogP contribution in [0.5, 0.6) is 5.75 Å². The van der Waals surface area contributed by atoms with Crippen LogP contribution in [0, 0.1) is 11.7 Å². The lowest BCUT2D eigenvalue weighted by atomic mass is 10.0. The zero-order chi connectivity index (χ0) is 12.3. The van der Waals surface area contributed by atoms with E-state index in [-0.39, 0.29) is 5.02 Å². The highest BCUT2D eigenvalue weighted by molar-refractivity contribution is 9.10. The van der Waals surface area contributed by atoms with E-state index in [9.17, 15) is 4.39 Å². The van der Waals surface area contributed by atoms with E-state index in [4.69, 9.17) is 16.3 Å². The van der Waals surface area contributed by atoms with E-state index in [1.54, 1.807) is 0 Å². The Balaban J connectivity index is 1.96. The van der Waals surface area contributed by atoms with Crippen LogP contribution in [-0.4, -0.2) is 19.7 Å². The molecule has 1 heterocycles. The summed E-state index contributed by atoms with van der Waals surface area (Å²) in [5.74, 6) is 0.554. The lowest BCUT2D eigenvalue weighted by Gasteiger charge is -2.23. The van der Waals surface area contributed by atoms with Crippen molar-refractivity contribution in [3.8, 4) is 5.75 Å². The highest BCUT2D eigenvalue weighted by atomic mass is 79.9. The van der Waals surface area contributed by atoms with Gasteiger partial charge < -0.3 is 10.1 Å². The van der Waals surface area contributed by atoms with Crippen LogP contribution in [0.3, 0.4) is 0 Å². The number of hydrogen-bond acceptors (Lipinski definition) is 2. The van der Waals surface area contributed by atoms with Crippen LogP contribution in [0.15, 0.2) is 16.6 Å². The van der Waals surface area contributed by atoms with Gasteiger partial charge in [0.25, 0.3) is 0 Å². The fraction of sp³-hybridized carbons (Fsp3) is 0.500. The van der Waals surface area contributed by atoms with Gasteiger partial charge in [-0.3, -0.25) is 0 Å². The van der Waals surface area contributed by atoms with E-state index in [0.29, 0.717) is 22.7 Å². The predicted molar refractivity (Wildman–Crippen MR) is 70.2 cm³/mol. The first kappa shape index (κ1) is 13.1. The summed E-state index contributed by atoms with van der Waals surface area (Å²) in [5.41, 5.74) is 0. The summed E-state index contributed by atoms with van der Waals surface area (Å²) in [4.78, 5) is 0. The summed E-state index contributed by atoms with van der Waals surface area (Å²) in [7, 11) is 0. The van der Waals surface area contributed by atoms with Crippen molar-refractivity contribution < 1.29 is 9.13 Å². The van der Waals surface area contributed by atoms with Crippen molar-refractivity contribution in [3.05, 3.63) is 27.4 Å². The molecule has 0 saturated carbocycles. The molecule has 1 aliphatic heterocycles. The smallest absolute Gasteiger partial charge is 0.145 e. The summed E-state index contributed by atoms with van der Waals surface area (Å²) < 4.78 is 19.6. The summed E-state index contributed by atoms with van der Waals surface area (Å²) in [6.45, 7) is 2.65. The minimum absolute atomic E-state index is 0.101. The first-order valence-electron chi connectivity index (χ1n) is 5.65. The largest absolute Gasteiger partial charge is 0.492 e. The molecule has 94 valence electrons. The average Bonchev–Trinajstić information content (AvgIpc) is 2.33. The van der Waals surface area contributed by atoms with Gasteiger partial charge in [-0.1, -0.05) is 11.6 Å². The van der Waals surface area contributed by atoms with E-state index in [0.717, 1.165) is 19.5 Å². The maximum atomic E-state index is 13.3. The Kier molecular flexibility index (Phi) is 4.65. The Hall–Kier alpha value is -0.320. The Morgan fingerprint density at radius 3 is 3.06 bits per heavy atom. The molecule has 2 rings (SSSR count). The van der Waals surface area contributed by atoms with Gasteiger partial charge in [0, 0.05) is 18.5 Å². The molecule has 1 saturated heterocycles. The fourth-order valence-corrected chi connectivity index (χ4v) is 2.64. The van der Waals surface area contributed by atoms with E-state index in [2.05, 4.69) is 21.2 Å². The molecule has 5 heteroatoms. The summed E-state index contributed by atoms with van der Waals surface area (Å²) in [6, 6.07) is 2.84. The Labute approximate surface area is 114 Å². The Morgan fingerprint density at radius 2 is 2.35 bits per heavy atom. The van der Waals surface area contributed by atoms with Gasteiger partial charge in [-0.25, -0.2) is 4.39 Å². The molecule has 1 aliphatic rings. The molecule has 17 heavy (non-hydrogen) atoms. The lowest BCUT2D eigenvalue weighted by molar-refractivity contribution is 0.217. The second kappa shape index (κ2) is 6.03. The highest BCUT2D eigenvalue weighted by Crippen LogP contribution is 2.31. The van der Waals surface area contributed by atoms with Gasteiger partial charge in [0.2, 0.25) is 0 Å². The molecule has 1 atom stereocenters. The summed E-state index contributed by atoms with van der Waals surface area (Å²) in [6.07, 6.45) is 2.32. The molecule has 1 fully saturated rings. The average molecular weight is 323 g/mol. The van der Waals surface area contributed by atoms with E-state index in [1.807, 2.05) is 0 Å². The molecule has 1 aromatic carbocycles. The molecule has 0 bridgehead atoms. The predicted octanol–water partition coefficient (Wildman–Crippen LogP) is 3.62. The molecule has 1 unspecified atom stereocenters. The molecular weight excluding hydrogens is 308 g/mol. The number of rotatable bonds is 3. The molecule has 1 N–H and O–H groups in total. The molecular formula is C12H14BrClFNO. The number of piperidine rings is 1. The van der Waals surface area contributed by atoms with Crippen molar-refractivity contribution in [1.82, 2.24) is 5.32 Å². The van der Waals surface area contributed by atoms with Gasteiger partial charge in [0.05, 0.1) is 16.1 Å². The molecule has 1 aromatic rings. The van der Waals surface area contributed by atoms with E-state index >= 15 is 0 Å². The Morgan fingerprint density at radius 1 is 1.53 bits per heavy atom. The third kappa shape index (κ3) is 3.57. The fourth-order valence-electron chi connectivity index (χ4n) is 1.89. The first-order chi connectivity index (χ1) is 8.16. The van der Waals surface area contributed by atoms with Crippen molar-refractivity contribution in [3.63, 3.8) is 0 Å². The third-order valence-electron chi connectivity index (χ3n) is 2.85. The van der Waals surface area contributed by atoms with Crippen LogP contribution in [0.4, 0.5) is 4.39 Å². The van der Waals surface area contributed by atoms with Gasteiger partial charge in [-0.15, -0.1) is 0 Å². The second-order valence-corrected chi connectivity index (χ2v) is 5.48. The quantitative estimate of drug-likeness (QED) is 0.858.